The van der Waals surface area contributed by atoms with E-state index in [-0.39, 0.29) is 23.1 Å². The summed E-state index contributed by atoms with van der Waals surface area (Å²) in [7, 11) is 0. The number of rotatable bonds is 7. The number of amidine groups is 1. The molecule has 0 bridgehead atoms. The van der Waals surface area contributed by atoms with E-state index in [0.29, 0.717) is 24.0 Å². The topological polar surface area (TPSA) is 95.8 Å². The number of alkyl halides is 3. The first kappa shape index (κ1) is 22.9. The molecule has 4 aromatic rings. The number of fused-ring (bicyclic) bond motifs is 1. The molecule has 174 valence electrons. The smallest absolute Gasteiger partial charge is 0.420 e. The molecule has 0 aliphatic heterocycles. The van der Waals surface area contributed by atoms with Crippen molar-refractivity contribution in [1.82, 2.24) is 4.98 Å². The van der Waals surface area contributed by atoms with E-state index < -0.39 is 11.7 Å². The molecule has 0 spiro atoms. The Hall–Kier alpha value is -4.27. The van der Waals surface area contributed by atoms with Gasteiger partial charge in [0, 0.05) is 24.2 Å². The van der Waals surface area contributed by atoms with Gasteiger partial charge in [0.15, 0.2) is 0 Å². The van der Waals surface area contributed by atoms with Gasteiger partial charge in [-0.25, -0.2) is 0 Å². The second-order valence-electron chi connectivity index (χ2n) is 7.48. The minimum Gasteiger partial charge on any atom is -0.457 e. The van der Waals surface area contributed by atoms with Gasteiger partial charge < -0.3 is 21.1 Å². The molecule has 9 heteroatoms. The lowest BCUT2D eigenvalue weighted by atomic mass is 10.1. The first-order chi connectivity index (χ1) is 16.3. The van der Waals surface area contributed by atoms with Crippen LogP contribution in [0.15, 0.2) is 84.2 Å². The maximum Gasteiger partial charge on any atom is 0.420 e. The lowest BCUT2D eigenvalue weighted by Crippen LogP contribution is -2.14. The molecular weight excluding hydrogens is 445 g/mol. The van der Waals surface area contributed by atoms with Crippen molar-refractivity contribution in [2.75, 3.05) is 0 Å². The third-order valence-corrected chi connectivity index (χ3v) is 5.09. The molecule has 0 amide bonds. The van der Waals surface area contributed by atoms with E-state index in [1.54, 1.807) is 48.8 Å². The van der Waals surface area contributed by atoms with Gasteiger partial charge in [0.05, 0.1) is 0 Å². The van der Waals surface area contributed by atoms with Crippen LogP contribution in [-0.4, -0.2) is 10.8 Å². The molecule has 0 atom stereocenters. The Morgan fingerprint density at radius 1 is 0.912 bits per heavy atom. The van der Waals surface area contributed by atoms with Crippen LogP contribution in [0.4, 0.5) is 13.2 Å². The number of aromatic nitrogens is 1. The Balaban J connectivity index is 1.61. The van der Waals surface area contributed by atoms with Crippen LogP contribution < -0.4 is 21.1 Å². The zero-order valence-corrected chi connectivity index (χ0v) is 17.9. The summed E-state index contributed by atoms with van der Waals surface area (Å²) >= 11 is 0. The van der Waals surface area contributed by atoms with E-state index in [1.165, 1.54) is 12.1 Å². The standard InChI is InChI=1S/C25H21F3N4O2/c26-25(27,28)21-14-19(33-22-6-2-4-17-11-12-31-15-20(17)22)8-9-23(21)34-18-5-1-3-16(13-18)7-10-24(29)32-30/h1-6,8-9,11-15H,7,10,30H2,(H2,29,32). The predicted octanol–water partition coefficient (Wildman–Crippen LogP) is 6.00. The molecule has 0 saturated carbocycles. The van der Waals surface area contributed by atoms with Crippen LogP contribution in [-0.2, 0) is 12.6 Å². The molecule has 0 saturated heterocycles. The van der Waals surface area contributed by atoms with Gasteiger partial charge in [0.1, 0.15) is 34.4 Å². The van der Waals surface area contributed by atoms with Crippen molar-refractivity contribution in [1.29, 1.82) is 0 Å². The third kappa shape index (κ3) is 5.37. The fourth-order valence-electron chi connectivity index (χ4n) is 3.41. The molecule has 4 rings (SSSR count). The summed E-state index contributed by atoms with van der Waals surface area (Å²) in [5.41, 5.74) is 5.47. The summed E-state index contributed by atoms with van der Waals surface area (Å²) in [6.45, 7) is 0. The summed E-state index contributed by atoms with van der Waals surface area (Å²) in [5.74, 6) is 5.78. The van der Waals surface area contributed by atoms with Crippen molar-refractivity contribution in [3.05, 3.63) is 90.3 Å². The van der Waals surface area contributed by atoms with Crippen molar-refractivity contribution < 1.29 is 22.6 Å². The molecule has 6 nitrogen and oxygen atoms in total. The van der Waals surface area contributed by atoms with Crippen molar-refractivity contribution in [2.24, 2.45) is 16.7 Å². The number of hydrogen-bond donors (Lipinski definition) is 2. The minimum atomic E-state index is -4.65. The highest BCUT2D eigenvalue weighted by molar-refractivity contribution is 5.87. The molecular formula is C25H21F3N4O2. The summed E-state index contributed by atoms with van der Waals surface area (Å²) < 4.78 is 53.0. The van der Waals surface area contributed by atoms with E-state index in [4.69, 9.17) is 21.1 Å². The SMILES string of the molecule is N/N=C(\N)CCc1cccc(Oc2ccc(Oc3cccc4ccncc34)cc2C(F)(F)F)c1. The Morgan fingerprint density at radius 3 is 2.47 bits per heavy atom. The predicted molar refractivity (Wildman–Crippen MR) is 124 cm³/mol. The number of halogens is 3. The zero-order chi connectivity index (χ0) is 24.1. The monoisotopic (exact) mass is 466 g/mol. The van der Waals surface area contributed by atoms with Gasteiger partial charge in [-0.2, -0.15) is 18.3 Å². The highest BCUT2D eigenvalue weighted by atomic mass is 19.4. The Labute approximate surface area is 193 Å². The summed E-state index contributed by atoms with van der Waals surface area (Å²) in [4.78, 5) is 4.07. The average molecular weight is 466 g/mol. The van der Waals surface area contributed by atoms with Crippen molar-refractivity contribution in [2.45, 2.75) is 19.0 Å². The average Bonchev–Trinajstić information content (AvgIpc) is 2.83. The fraction of sp³-hybridized carbons (Fsp3) is 0.120. The zero-order valence-electron chi connectivity index (χ0n) is 17.9. The minimum absolute atomic E-state index is 0.0290. The summed E-state index contributed by atoms with van der Waals surface area (Å²) in [6.07, 6.45) is -0.479. The lowest BCUT2D eigenvalue weighted by Gasteiger charge is -2.16. The van der Waals surface area contributed by atoms with E-state index in [2.05, 4.69) is 10.1 Å². The second-order valence-corrected chi connectivity index (χ2v) is 7.48. The molecule has 3 aromatic carbocycles. The van der Waals surface area contributed by atoms with Crippen LogP contribution in [0.2, 0.25) is 0 Å². The van der Waals surface area contributed by atoms with Crippen molar-refractivity contribution >= 4 is 16.6 Å². The quantitative estimate of drug-likeness (QED) is 0.151. The molecule has 1 aromatic heterocycles. The summed E-state index contributed by atoms with van der Waals surface area (Å²) in [6, 6.07) is 17.4. The Bertz CT molecular complexity index is 1330. The summed E-state index contributed by atoms with van der Waals surface area (Å²) in [5, 5.41) is 4.96. The van der Waals surface area contributed by atoms with Crippen LogP contribution in [0.5, 0.6) is 23.0 Å². The molecule has 0 aliphatic rings. The van der Waals surface area contributed by atoms with E-state index in [1.807, 2.05) is 12.1 Å². The van der Waals surface area contributed by atoms with Crippen LogP contribution in [0.1, 0.15) is 17.5 Å². The molecule has 34 heavy (non-hydrogen) atoms. The van der Waals surface area contributed by atoms with Gasteiger partial charge in [-0.05, 0) is 59.8 Å². The van der Waals surface area contributed by atoms with Gasteiger partial charge in [0.25, 0.3) is 0 Å². The molecule has 0 radical (unpaired) electrons. The van der Waals surface area contributed by atoms with Crippen LogP contribution >= 0.6 is 0 Å². The Kier molecular flexibility index (Phi) is 6.53. The molecule has 4 N–H and O–H groups in total. The van der Waals surface area contributed by atoms with Gasteiger partial charge >= 0.3 is 6.18 Å². The highest BCUT2D eigenvalue weighted by Gasteiger charge is 2.35. The first-order valence-corrected chi connectivity index (χ1v) is 10.3. The maximum atomic E-state index is 13.9. The highest BCUT2D eigenvalue weighted by Crippen LogP contribution is 2.41. The van der Waals surface area contributed by atoms with E-state index in [9.17, 15) is 13.2 Å². The van der Waals surface area contributed by atoms with Crippen molar-refractivity contribution in [3.8, 4) is 23.0 Å². The number of pyridine rings is 1. The van der Waals surface area contributed by atoms with E-state index >= 15 is 0 Å². The van der Waals surface area contributed by atoms with Gasteiger partial charge in [0.2, 0.25) is 0 Å². The number of nitrogens with zero attached hydrogens (tertiary/aromatic N) is 2. The maximum absolute atomic E-state index is 13.9. The Morgan fingerprint density at radius 2 is 1.68 bits per heavy atom. The normalized spacial score (nSPS) is 12.0. The first-order valence-electron chi connectivity index (χ1n) is 10.3. The molecule has 0 unspecified atom stereocenters. The largest absolute Gasteiger partial charge is 0.457 e. The molecule has 0 fully saturated rings. The van der Waals surface area contributed by atoms with E-state index in [0.717, 1.165) is 17.0 Å². The van der Waals surface area contributed by atoms with Gasteiger partial charge in [-0.3, -0.25) is 4.98 Å². The van der Waals surface area contributed by atoms with Crippen LogP contribution in [0.25, 0.3) is 10.8 Å². The molecule has 1 heterocycles. The second kappa shape index (κ2) is 9.70. The van der Waals surface area contributed by atoms with Crippen LogP contribution in [0, 0.1) is 0 Å². The fourth-order valence-corrected chi connectivity index (χ4v) is 3.41. The number of hydrogen-bond acceptors (Lipinski definition) is 5. The van der Waals surface area contributed by atoms with Gasteiger partial charge in [-0.15, -0.1) is 0 Å². The lowest BCUT2D eigenvalue weighted by molar-refractivity contribution is -0.138. The van der Waals surface area contributed by atoms with Gasteiger partial charge in [-0.1, -0.05) is 24.3 Å². The third-order valence-electron chi connectivity index (χ3n) is 5.09. The number of ether oxygens (including phenoxy) is 2. The number of benzene rings is 3. The number of nitrogens with two attached hydrogens (primary N) is 2. The number of hydrazone groups is 1. The van der Waals surface area contributed by atoms with Crippen LogP contribution in [0.3, 0.4) is 0 Å². The molecule has 0 aliphatic carbocycles. The van der Waals surface area contributed by atoms with Crippen molar-refractivity contribution in [3.63, 3.8) is 0 Å². The number of aryl methyl sites for hydroxylation is 1.